The van der Waals surface area contributed by atoms with E-state index in [1.165, 1.54) is 19.3 Å². The van der Waals surface area contributed by atoms with Crippen LogP contribution in [-0.4, -0.2) is 130 Å². The number of amides is 2. The Morgan fingerprint density at radius 2 is 1.28 bits per heavy atom. The summed E-state index contributed by atoms with van der Waals surface area (Å²) in [6, 6.07) is 18.7. The molecule has 0 spiro atoms. The van der Waals surface area contributed by atoms with Gasteiger partial charge in [0.25, 0.3) is 0 Å². The lowest BCUT2D eigenvalue weighted by atomic mass is 10.0. The van der Waals surface area contributed by atoms with Crippen LogP contribution in [0.4, 0.5) is 5.69 Å². The Hall–Kier alpha value is -5.28. The van der Waals surface area contributed by atoms with Crippen molar-refractivity contribution in [2.75, 3.05) is 98.0 Å². The Morgan fingerprint density at radius 3 is 2.00 bits per heavy atom. The summed E-state index contributed by atoms with van der Waals surface area (Å²) in [6.07, 6.45) is 10.9. The third-order valence-corrected chi connectivity index (χ3v) is 11.0. The Kier molecular flexibility index (Phi) is 16.9. The molecule has 0 radical (unpaired) electrons. The maximum Gasteiger partial charge on any atom is 0.249 e. The fourth-order valence-electron chi connectivity index (χ4n) is 7.88. The lowest BCUT2D eigenvalue weighted by Crippen LogP contribution is -2.48. The maximum absolute atomic E-state index is 12.7. The zero-order chi connectivity index (χ0) is 42.1. The Balaban J connectivity index is 0.000000194. The summed E-state index contributed by atoms with van der Waals surface area (Å²) in [6.45, 7) is 12.5. The van der Waals surface area contributed by atoms with E-state index < -0.39 is 0 Å². The van der Waals surface area contributed by atoms with Crippen molar-refractivity contribution in [2.45, 2.75) is 51.7 Å². The van der Waals surface area contributed by atoms with Gasteiger partial charge in [-0.1, -0.05) is 38.5 Å². The zero-order valence-electron chi connectivity index (χ0n) is 35.5. The van der Waals surface area contributed by atoms with E-state index in [1.807, 2.05) is 90.5 Å². The number of likely N-dealkylation sites (tertiary alicyclic amines) is 1. The Labute approximate surface area is 354 Å². The quantitative estimate of drug-likeness (QED) is 0.159. The van der Waals surface area contributed by atoms with E-state index in [0.717, 1.165) is 66.6 Å². The molecule has 14 heteroatoms. The van der Waals surface area contributed by atoms with Crippen LogP contribution in [0.15, 0.2) is 85.5 Å². The van der Waals surface area contributed by atoms with Crippen LogP contribution < -0.4 is 19.1 Å². The Bertz CT molecular complexity index is 1960. The van der Waals surface area contributed by atoms with Gasteiger partial charge in [0.1, 0.15) is 36.2 Å². The van der Waals surface area contributed by atoms with E-state index in [1.54, 1.807) is 32.8 Å². The monoisotopic (exact) mass is 824 g/mol. The summed E-state index contributed by atoms with van der Waals surface area (Å²) in [7, 11) is 3.27. The van der Waals surface area contributed by atoms with Gasteiger partial charge in [-0.3, -0.25) is 19.6 Å². The van der Waals surface area contributed by atoms with Crippen molar-refractivity contribution in [1.29, 1.82) is 0 Å². The molecular weight excluding hydrogens is 765 g/mol. The molecule has 2 amide bonds. The van der Waals surface area contributed by atoms with Crippen LogP contribution in [0.1, 0.15) is 61.9 Å². The van der Waals surface area contributed by atoms with E-state index in [-0.39, 0.29) is 37.1 Å². The molecule has 4 saturated heterocycles. The van der Waals surface area contributed by atoms with Crippen LogP contribution in [-0.2, 0) is 30.3 Å². The largest absolute Gasteiger partial charge is 0.497 e. The SMILES string of the molecule is CC.COc1cccc(CN2C(=O)COCC2c2cnccc2N2CCOCC2)c1.COc1cccc(Oc2ccncc2C2COCC(=O)N2CCN2CCCCC2)c1. The number of anilines is 1. The van der Waals surface area contributed by atoms with Crippen molar-refractivity contribution in [3.05, 3.63) is 102 Å². The number of methoxy groups -OCH3 is 2. The molecule has 14 nitrogen and oxygen atoms in total. The lowest BCUT2D eigenvalue weighted by Gasteiger charge is -2.38. The molecule has 2 aromatic carbocycles. The highest BCUT2D eigenvalue weighted by Crippen LogP contribution is 2.36. The van der Waals surface area contributed by atoms with Crippen molar-refractivity contribution >= 4 is 17.5 Å². The number of aromatic nitrogens is 2. The molecule has 4 fully saturated rings. The molecule has 2 unspecified atom stereocenters. The first-order valence-electron chi connectivity index (χ1n) is 21.1. The molecule has 0 N–H and O–H groups in total. The maximum atomic E-state index is 12.7. The summed E-state index contributed by atoms with van der Waals surface area (Å²) in [5.74, 6) is 2.84. The molecule has 4 aliphatic heterocycles. The summed E-state index contributed by atoms with van der Waals surface area (Å²) in [4.78, 5) is 42.6. The highest BCUT2D eigenvalue weighted by Gasteiger charge is 2.34. The molecule has 0 aliphatic carbocycles. The molecule has 0 saturated carbocycles. The number of ether oxygens (including phenoxy) is 6. The first kappa shape index (κ1) is 44.3. The summed E-state index contributed by atoms with van der Waals surface area (Å²) < 4.78 is 33.5. The molecule has 8 rings (SSSR count). The molecule has 2 atom stereocenters. The molecule has 4 aliphatic rings. The highest BCUT2D eigenvalue weighted by atomic mass is 16.5. The smallest absolute Gasteiger partial charge is 0.249 e. The van der Waals surface area contributed by atoms with E-state index in [9.17, 15) is 9.59 Å². The normalized spacial score (nSPS) is 19.7. The molecule has 2 aromatic heterocycles. The molecular formula is C46H60N6O8. The van der Waals surface area contributed by atoms with Gasteiger partial charge in [0.15, 0.2) is 0 Å². The fraction of sp³-hybridized carbons (Fsp3) is 0.478. The van der Waals surface area contributed by atoms with Crippen molar-refractivity contribution in [1.82, 2.24) is 24.7 Å². The second-order valence-corrected chi connectivity index (χ2v) is 14.7. The minimum atomic E-state index is -0.217. The third kappa shape index (κ3) is 11.7. The van der Waals surface area contributed by atoms with Crippen molar-refractivity contribution in [3.8, 4) is 23.0 Å². The first-order valence-corrected chi connectivity index (χ1v) is 21.1. The summed E-state index contributed by atoms with van der Waals surface area (Å²) >= 11 is 0. The number of morpholine rings is 3. The molecule has 322 valence electrons. The van der Waals surface area contributed by atoms with E-state index in [0.29, 0.717) is 51.0 Å². The summed E-state index contributed by atoms with van der Waals surface area (Å²) in [5, 5.41) is 0. The molecule has 6 heterocycles. The van der Waals surface area contributed by atoms with Gasteiger partial charge in [0.2, 0.25) is 11.8 Å². The zero-order valence-corrected chi connectivity index (χ0v) is 35.5. The number of pyridine rings is 2. The first-order chi connectivity index (χ1) is 29.5. The summed E-state index contributed by atoms with van der Waals surface area (Å²) in [5.41, 5.74) is 3.99. The van der Waals surface area contributed by atoms with Crippen LogP contribution in [0.5, 0.6) is 23.0 Å². The second kappa shape index (κ2) is 22.9. The lowest BCUT2D eigenvalue weighted by molar-refractivity contribution is -0.149. The minimum absolute atomic E-state index is 0.0134. The number of nitrogens with zero attached hydrogens (tertiary/aromatic N) is 6. The van der Waals surface area contributed by atoms with Crippen molar-refractivity contribution in [2.24, 2.45) is 0 Å². The second-order valence-electron chi connectivity index (χ2n) is 14.7. The van der Waals surface area contributed by atoms with Gasteiger partial charge < -0.3 is 48.0 Å². The van der Waals surface area contributed by atoms with E-state index in [4.69, 9.17) is 28.4 Å². The van der Waals surface area contributed by atoms with Crippen LogP contribution in [0, 0.1) is 0 Å². The Morgan fingerprint density at radius 1 is 0.667 bits per heavy atom. The minimum Gasteiger partial charge on any atom is -0.497 e. The average molecular weight is 825 g/mol. The van der Waals surface area contributed by atoms with Crippen molar-refractivity contribution in [3.63, 3.8) is 0 Å². The van der Waals surface area contributed by atoms with Crippen molar-refractivity contribution < 1.29 is 38.0 Å². The van der Waals surface area contributed by atoms with Gasteiger partial charge in [-0.15, -0.1) is 0 Å². The van der Waals surface area contributed by atoms with Gasteiger partial charge in [0.05, 0.1) is 52.7 Å². The van der Waals surface area contributed by atoms with Gasteiger partial charge in [-0.25, -0.2) is 0 Å². The molecule has 60 heavy (non-hydrogen) atoms. The predicted octanol–water partition coefficient (Wildman–Crippen LogP) is 6.32. The number of rotatable bonds is 12. The van der Waals surface area contributed by atoms with Gasteiger partial charge in [0, 0.05) is 80.4 Å². The number of piperidine rings is 1. The highest BCUT2D eigenvalue weighted by molar-refractivity contribution is 5.79. The topological polar surface area (TPSA) is 128 Å². The standard InChI is InChI=1S/C23H29N3O4.C21H25N3O4.C2H6/c1-28-18-6-5-7-19(14-18)30-22-8-9-24-15-20(22)21-16-29-17-23(27)26(21)13-12-25-10-3-2-4-11-25;1-26-17-4-2-3-16(11-17)13-24-20(14-28-15-21(24)25)18-12-22-6-5-19(18)23-7-9-27-10-8-23;1-2/h5-9,14-15,21H,2-4,10-13,16-17H2,1H3;2-6,11-12,20H,7-10,13-15H2,1H3;1-2H3. The fourth-order valence-corrected chi connectivity index (χ4v) is 7.88. The van der Waals surface area contributed by atoms with Crippen LogP contribution in [0.3, 0.4) is 0 Å². The number of benzene rings is 2. The number of carbonyl (C=O) groups excluding carboxylic acids is 2. The van der Waals surface area contributed by atoms with Crippen LogP contribution in [0.2, 0.25) is 0 Å². The average Bonchev–Trinajstić information content (AvgIpc) is 3.31. The van der Waals surface area contributed by atoms with E-state index in [2.05, 4.69) is 19.8 Å². The van der Waals surface area contributed by atoms with Gasteiger partial charge in [-0.2, -0.15) is 0 Å². The van der Waals surface area contributed by atoms with E-state index >= 15 is 0 Å². The van der Waals surface area contributed by atoms with Gasteiger partial charge >= 0.3 is 0 Å². The van der Waals surface area contributed by atoms with Crippen LogP contribution >= 0.6 is 0 Å². The predicted molar refractivity (Wildman–Crippen MR) is 229 cm³/mol. The molecule has 4 aromatic rings. The number of carbonyl (C=O) groups is 2. The van der Waals surface area contributed by atoms with Gasteiger partial charge in [-0.05, 0) is 67.9 Å². The number of hydrogen-bond acceptors (Lipinski definition) is 12. The number of hydrogen-bond donors (Lipinski definition) is 0. The molecule has 0 bridgehead atoms. The van der Waals surface area contributed by atoms with Crippen LogP contribution in [0.25, 0.3) is 0 Å². The third-order valence-electron chi connectivity index (χ3n) is 11.0.